The lowest BCUT2D eigenvalue weighted by atomic mass is 10.1. The lowest BCUT2D eigenvalue weighted by Crippen LogP contribution is -2.27. The molecule has 0 bridgehead atoms. The van der Waals surface area contributed by atoms with Crippen molar-refractivity contribution >= 4 is 17.4 Å². The summed E-state index contributed by atoms with van der Waals surface area (Å²) in [5.41, 5.74) is 1.16. The molecule has 2 aromatic rings. The van der Waals surface area contributed by atoms with E-state index in [9.17, 15) is 4.79 Å². The Balaban J connectivity index is 1.99. The second kappa shape index (κ2) is 7.54. The second-order valence-electron chi connectivity index (χ2n) is 5.61. The van der Waals surface area contributed by atoms with Crippen LogP contribution < -0.4 is 10.2 Å². The van der Waals surface area contributed by atoms with Gasteiger partial charge in [0, 0.05) is 19.3 Å². The third-order valence-electron chi connectivity index (χ3n) is 3.36. The molecular weight excluding hydrogens is 276 g/mol. The zero-order valence-electron chi connectivity index (χ0n) is 13.3. The number of nitrogens with one attached hydrogen (secondary N) is 1. The topological polar surface area (TPSA) is 58.1 Å². The summed E-state index contributed by atoms with van der Waals surface area (Å²) in [6, 6.07) is 13.0. The van der Waals surface area contributed by atoms with Gasteiger partial charge in [-0.05, 0) is 36.6 Å². The van der Waals surface area contributed by atoms with Gasteiger partial charge in [-0.1, -0.05) is 32.0 Å². The first kappa shape index (κ1) is 15.9. The van der Waals surface area contributed by atoms with Gasteiger partial charge < -0.3 is 10.2 Å². The predicted molar refractivity (Wildman–Crippen MR) is 89.2 cm³/mol. The van der Waals surface area contributed by atoms with E-state index in [4.69, 9.17) is 0 Å². The van der Waals surface area contributed by atoms with Gasteiger partial charge in [0.05, 0.1) is 0 Å². The van der Waals surface area contributed by atoms with Gasteiger partial charge >= 0.3 is 0 Å². The Morgan fingerprint density at radius 2 is 1.86 bits per heavy atom. The fraction of sp³-hybridized carbons (Fsp3) is 0.353. The van der Waals surface area contributed by atoms with Gasteiger partial charge in [0.2, 0.25) is 0 Å². The van der Waals surface area contributed by atoms with Crippen LogP contribution in [0, 0.1) is 5.92 Å². The molecule has 22 heavy (non-hydrogen) atoms. The van der Waals surface area contributed by atoms with Crippen LogP contribution in [0.3, 0.4) is 0 Å². The number of hydrogen-bond donors (Lipinski definition) is 1. The number of para-hydroxylation sites is 1. The quantitative estimate of drug-likeness (QED) is 0.889. The number of nitrogens with zero attached hydrogens (tertiary/aromatic N) is 3. The molecule has 1 N–H and O–H groups in total. The van der Waals surface area contributed by atoms with Crippen molar-refractivity contribution in [2.75, 3.05) is 23.8 Å². The van der Waals surface area contributed by atoms with Crippen molar-refractivity contribution in [3.8, 4) is 0 Å². The normalized spacial score (nSPS) is 10.5. The molecule has 1 aromatic heterocycles. The van der Waals surface area contributed by atoms with Crippen LogP contribution in [0.2, 0.25) is 0 Å². The summed E-state index contributed by atoms with van der Waals surface area (Å²) >= 11 is 0. The molecule has 0 spiro atoms. The molecule has 1 amide bonds. The zero-order chi connectivity index (χ0) is 15.9. The van der Waals surface area contributed by atoms with Crippen molar-refractivity contribution in [2.24, 2.45) is 5.92 Å². The van der Waals surface area contributed by atoms with Gasteiger partial charge in [0.25, 0.3) is 5.91 Å². The minimum absolute atomic E-state index is 0.174. The summed E-state index contributed by atoms with van der Waals surface area (Å²) in [6.07, 6.45) is 1.07. The van der Waals surface area contributed by atoms with Crippen LogP contribution in [0.15, 0.2) is 42.5 Å². The largest absolute Gasteiger partial charge is 0.369 e. The highest BCUT2D eigenvalue weighted by Crippen LogP contribution is 2.14. The molecule has 0 radical (unpaired) electrons. The summed E-state index contributed by atoms with van der Waals surface area (Å²) in [5, 5.41) is 11.3. The SMILES string of the molecule is CC(C)CCNc1ccc(C(=O)N(C)c2ccccc2)nn1. The highest BCUT2D eigenvalue weighted by atomic mass is 16.2. The number of hydrogen-bond acceptors (Lipinski definition) is 4. The van der Waals surface area contributed by atoms with Crippen LogP contribution in [-0.2, 0) is 0 Å². The lowest BCUT2D eigenvalue weighted by molar-refractivity contribution is 0.0987. The Labute approximate surface area is 131 Å². The fourth-order valence-electron chi connectivity index (χ4n) is 1.97. The van der Waals surface area contributed by atoms with Gasteiger partial charge in [-0.15, -0.1) is 10.2 Å². The highest BCUT2D eigenvalue weighted by molar-refractivity contribution is 6.04. The van der Waals surface area contributed by atoms with Crippen LogP contribution >= 0.6 is 0 Å². The van der Waals surface area contributed by atoms with E-state index in [1.165, 1.54) is 0 Å². The van der Waals surface area contributed by atoms with E-state index in [0.717, 1.165) is 18.7 Å². The molecule has 2 rings (SSSR count). The molecule has 0 atom stereocenters. The maximum Gasteiger partial charge on any atom is 0.278 e. The number of anilines is 2. The number of aromatic nitrogens is 2. The highest BCUT2D eigenvalue weighted by Gasteiger charge is 2.15. The minimum atomic E-state index is -0.174. The molecule has 0 aliphatic rings. The molecule has 0 aliphatic carbocycles. The van der Waals surface area contributed by atoms with Crippen molar-refractivity contribution in [3.63, 3.8) is 0 Å². The summed E-state index contributed by atoms with van der Waals surface area (Å²) in [5.74, 6) is 1.16. The Hall–Kier alpha value is -2.43. The Bertz CT molecular complexity index is 596. The molecule has 0 unspecified atom stereocenters. The standard InChI is InChI=1S/C17H22N4O/c1-13(2)11-12-18-16-10-9-15(19-20-16)17(22)21(3)14-7-5-4-6-8-14/h4-10,13H,11-12H2,1-3H3,(H,18,20). The number of rotatable bonds is 6. The van der Waals surface area contributed by atoms with Gasteiger partial charge in [0.15, 0.2) is 5.69 Å². The third-order valence-corrected chi connectivity index (χ3v) is 3.36. The molecule has 0 saturated carbocycles. The summed E-state index contributed by atoms with van der Waals surface area (Å²) < 4.78 is 0. The second-order valence-corrected chi connectivity index (χ2v) is 5.61. The van der Waals surface area contributed by atoms with E-state index >= 15 is 0 Å². The van der Waals surface area contributed by atoms with Crippen molar-refractivity contribution in [1.29, 1.82) is 0 Å². The van der Waals surface area contributed by atoms with E-state index in [1.807, 2.05) is 30.3 Å². The molecule has 1 aromatic carbocycles. The van der Waals surface area contributed by atoms with Gasteiger partial charge in [-0.25, -0.2) is 0 Å². The average molecular weight is 298 g/mol. The number of carbonyl (C=O) groups is 1. The smallest absolute Gasteiger partial charge is 0.278 e. The van der Waals surface area contributed by atoms with Gasteiger partial charge in [0.1, 0.15) is 5.82 Å². The van der Waals surface area contributed by atoms with Gasteiger partial charge in [-0.2, -0.15) is 0 Å². The molecule has 1 heterocycles. The van der Waals surface area contributed by atoms with Crippen LogP contribution in [-0.4, -0.2) is 29.7 Å². The van der Waals surface area contributed by atoms with Crippen LogP contribution in [0.25, 0.3) is 0 Å². The van der Waals surface area contributed by atoms with Crippen LogP contribution in [0.1, 0.15) is 30.8 Å². The predicted octanol–water partition coefficient (Wildman–Crippen LogP) is 3.21. The van der Waals surface area contributed by atoms with Gasteiger partial charge in [-0.3, -0.25) is 4.79 Å². The minimum Gasteiger partial charge on any atom is -0.369 e. The number of benzene rings is 1. The first-order valence-corrected chi connectivity index (χ1v) is 7.48. The first-order chi connectivity index (χ1) is 10.6. The van der Waals surface area contributed by atoms with E-state index < -0.39 is 0 Å². The fourth-order valence-corrected chi connectivity index (χ4v) is 1.97. The maximum atomic E-state index is 12.4. The number of amides is 1. The molecule has 116 valence electrons. The van der Waals surface area contributed by atoms with Crippen molar-refractivity contribution in [3.05, 3.63) is 48.2 Å². The van der Waals surface area contributed by atoms with Crippen LogP contribution in [0.4, 0.5) is 11.5 Å². The van der Waals surface area contributed by atoms with E-state index in [0.29, 0.717) is 17.4 Å². The van der Waals surface area contributed by atoms with Crippen molar-refractivity contribution in [1.82, 2.24) is 10.2 Å². The monoisotopic (exact) mass is 298 g/mol. The van der Waals surface area contributed by atoms with Crippen molar-refractivity contribution in [2.45, 2.75) is 20.3 Å². The summed E-state index contributed by atoms with van der Waals surface area (Å²) in [6.45, 7) is 5.20. The lowest BCUT2D eigenvalue weighted by Gasteiger charge is -2.16. The van der Waals surface area contributed by atoms with Crippen molar-refractivity contribution < 1.29 is 4.79 Å². The summed E-state index contributed by atoms with van der Waals surface area (Å²) in [4.78, 5) is 13.9. The molecule has 0 saturated heterocycles. The van der Waals surface area contributed by atoms with Crippen LogP contribution in [0.5, 0.6) is 0 Å². The molecule has 5 heteroatoms. The molecule has 5 nitrogen and oxygen atoms in total. The van der Waals surface area contributed by atoms with E-state index in [2.05, 4.69) is 29.4 Å². The molecule has 0 fully saturated rings. The molecule has 0 aliphatic heterocycles. The van der Waals surface area contributed by atoms with E-state index in [1.54, 1.807) is 24.1 Å². The Morgan fingerprint density at radius 1 is 1.14 bits per heavy atom. The summed E-state index contributed by atoms with van der Waals surface area (Å²) in [7, 11) is 1.73. The van der Waals surface area contributed by atoms with E-state index in [-0.39, 0.29) is 5.91 Å². The molecular formula is C17H22N4O. The third kappa shape index (κ3) is 4.28. The average Bonchev–Trinajstić information content (AvgIpc) is 2.54. The Kier molecular flexibility index (Phi) is 5.47. The number of carbonyl (C=O) groups excluding carboxylic acids is 1. The Morgan fingerprint density at radius 3 is 2.45 bits per heavy atom. The maximum absolute atomic E-state index is 12.4. The first-order valence-electron chi connectivity index (χ1n) is 7.48. The zero-order valence-corrected chi connectivity index (χ0v) is 13.3.